The largest absolute Gasteiger partial charge is 0.394 e. The zero-order chi connectivity index (χ0) is 24.4. The molecule has 3 aromatic heterocycles. The normalized spacial score (nSPS) is 11.2. The minimum Gasteiger partial charge on any atom is -0.394 e. The van der Waals surface area contributed by atoms with E-state index in [2.05, 4.69) is 44.1 Å². The number of aromatic nitrogens is 4. The molecule has 4 N–H and O–H groups in total. The number of thiophene rings is 1. The number of nitrogens with one attached hydrogen (secondary N) is 3. The van der Waals surface area contributed by atoms with Crippen molar-refractivity contribution in [2.45, 2.75) is 20.0 Å². The van der Waals surface area contributed by atoms with Crippen molar-refractivity contribution >= 4 is 38.6 Å². The van der Waals surface area contributed by atoms with Gasteiger partial charge in [-0.05, 0) is 48.7 Å². The van der Waals surface area contributed by atoms with E-state index in [4.69, 9.17) is 5.11 Å². The van der Waals surface area contributed by atoms with Crippen molar-refractivity contribution in [2.24, 2.45) is 0 Å². The first-order valence-electron chi connectivity index (χ1n) is 11.0. The molecule has 0 saturated heterocycles. The molecule has 0 fully saturated rings. The molecule has 0 aliphatic heterocycles. The lowest BCUT2D eigenvalue weighted by Gasteiger charge is -2.10. The minimum absolute atomic E-state index is 0.0359. The van der Waals surface area contributed by atoms with Crippen LogP contribution in [0.4, 0.5) is 21.6 Å². The standard InChI is InChI=1S/C25H23FN6O2S/c1-15-10-24(31-32(15)8-9-33)28-22-13-20(29-30-25(22)34)16-6-7-19(26)21(12-16)27-14-18-11-17-4-2-3-5-23(17)35-18/h2-7,10-13,27,33H,8-9,14H2,1H3,(H,30,34)(H,28,29,31). The van der Waals surface area contributed by atoms with E-state index >= 15 is 0 Å². The first-order chi connectivity index (χ1) is 17.0. The zero-order valence-corrected chi connectivity index (χ0v) is 19.7. The van der Waals surface area contributed by atoms with Crippen molar-refractivity contribution in [1.82, 2.24) is 20.0 Å². The fourth-order valence-electron chi connectivity index (χ4n) is 3.80. The number of hydrogen-bond donors (Lipinski definition) is 4. The zero-order valence-electron chi connectivity index (χ0n) is 18.9. The van der Waals surface area contributed by atoms with Gasteiger partial charge in [0.25, 0.3) is 5.56 Å². The van der Waals surface area contributed by atoms with Gasteiger partial charge in [-0.3, -0.25) is 9.48 Å². The van der Waals surface area contributed by atoms with E-state index in [0.717, 1.165) is 16.0 Å². The minimum atomic E-state index is -0.409. The Kier molecular flexibility index (Phi) is 6.30. The van der Waals surface area contributed by atoms with Crippen molar-refractivity contribution in [3.63, 3.8) is 0 Å². The molecule has 178 valence electrons. The lowest BCUT2D eigenvalue weighted by atomic mass is 10.1. The van der Waals surface area contributed by atoms with Crippen molar-refractivity contribution in [1.29, 1.82) is 0 Å². The van der Waals surface area contributed by atoms with Gasteiger partial charge >= 0.3 is 0 Å². The Balaban J connectivity index is 1.37. The van der Waals surface area contributed by atoms with Crippen LogP contribution in [0.25, 0.3) is 21.3 Å². The summed E-state index contributed by atoms with van der Waals surface area (Å²) in [6.45, 7) is 2.67. The van der Waals surface area contributed by atoms with E-state index < -0.39 is 5.56 Å². The van der Waals surface area contributed by atoms with E-state index in [0.29, 0.717) is 35.9 Å². The highest BCUT2D eigenvalue weighted by molar-refractivity contribution is 7.19. The van der Waals surface area contributed by atoms with E-state index in [1.54, 1.807) is 40.3 Å². The van der Waals surface area contributed by atoms with Gasteiger partial charge in [0, 0.05) is 33.4 Å². The summed E-state index contributed by atoms with van der Waals surface area (Å²) in [6, 6.07) is 18.3. The number of aliphatic hydroxyl groups excluding tert-OH is 1. The Labute approximate surface area is 204 Å². The van der Waals surface area contributed by atoms with Crippen molar-refractivity contribution < 1.29 is 9.50 Å². The third-order valence-corrected chi connectivity index (χ3v) is 6.67. The van der Waals surface area contributed by atoms with Crippen LogP contribution in [-0.4, -0.2) is 31.7 Å². The van der Waals surface area contributed by atoms with Crippen LogP contribution in [0.1, 0.15) is 10.6 Å². The Morgan fingerprint density at radius 3 is 2.80 bits per heavy atom. The molecule has 3 heterocycles. The SMILES string of the molecule is Cc1cc(Nc2cc(-c3ccc(F)c(NCc4cc5ccccc5s4)c3)n[nH]c2=O)nn1CCO. The Morgan fingerprint density at radius 1 is 1.11 bits per heavy atom. The van der Waals surface area contributed by atoms with Crippen LogP contribution in [0.5, 0.6) is 0 Å². The number of halogens is 1. The summed E-state index contributed by atoms with van der Waals surface area (Å²) in [5, 5.41) is 27.5. The molecule has 5 aromatic rings. The fraction of sp³-hybridized carbons (Fsp3) is 0.160. The third kappa shape index (κ3) is 4.93. The molecule has 0 radical (unpaired) electrons. The van der Waals surface area contributed by atoms with E-state index in [-0.39, 0.29) is 18.1 Å². The summed E-state index contributed by atoms with van der Waals surface area (Å²) < 4.78 is 17.4. The number of H-pyrrole nitrogens is 1. The van der Waals surface area contributed by atoms with Gasteiger partial charge in [0.05, 0.1) is 24.5 Å². The average molecular weight is 491 g/mol. The number of anilines is 3. The maximum absolute atomic E-state index is 14.5. The van der Waals surface area contributed by atoms with E-state index in [1.165, 1.54) is 10.8 Å². The number of hydrogen-bond acceptors (Lipinski definition) is 7. The van der Waals surface area contributed by atoms with Gasteiger partial charge in [0.2, 0.25) is 0 Å². The number of fused-ring (bicyclic) bond motifs is 1. The molecule has 2 aromatic carbocycles. The molecule has 8 nitrogen and oxygen atoms in total. The maximum Gasteiger partial charge on any atom is 0.287 e. The topological polar surface area (TPSA) is 108 Å². The Hall–Kier alpha value is -4.02. The second-order valence-corrected chi connectivity index (χ2v) is 9.21. The number of nitrogens with zero attached hydrogens (tertiary/aromatic N) is 3. The van der Waals surface area contributed by atoms with E-state index in [1.807, 2.05) is 19.1 Å². The molecule has 0 amide bonds. The molecular formula is C25H23FN6O2S. The molecule has 10 heteroatoms. The van der Waals surface area contributed by atoms with Crippen LogP contribution in [0.2, 0.25) is 0 Å². The number of rotatable bonds is 8. The molecule has 0 bridgehead atoms. The first kappa shape index (κ1) is 22.8. The quantitative estimate of drug-likeness (QED) is 0.252. The van der Waals surface area contributed by atoms with Crippen LogP contribution in [0.3, 0.4) is 0 Å². The van der Waals surface area contributed by atoms with Crippen LogP contribution < -0.4 is 16.2 Å². The second-order valence-electron chi connectivity index (χ2n) is 8.04. The maximum atomic E-state index is 14.5. The van der Waals surface area contributed by atoms with Crippen LogP contribution in [-0.2, 0) is 13.1 Å². The van der Waals surface area contributed by atoms with E-state index in [9.17, 15) is 9.18 Å². The summed E-state index contributed by atoms with van der Waals surface area (Å²) in [5.41, 5.74) is 2.16. The smallest absolute Gasteiger partial charge is 0.287 e. The predicted octanol–water partition coefficient (Wildman–Crippen LogP) is 4.64. The Morgan fingerprint density at radius 2 is 1.97 bits per heavy atom. The van der Waals surface area contributed by atoms with Gasteiger partial charge in [-0.1, -0.05) is 18.2 Å². The highest BCUT2D eigenvalue weighted by Crippen LogP contribution is 2.28. The molecule has 0 saturated carbocycles. The number of benzene rings is 2. The molecule has 0 unspecified atom stereocenters. The number of aryl methyl sites for hydroxylation is 1. The van der Waals surface area contributed by atoms with Crippen LogP contribution >= 0.6 is 11.3 Å². The van der Waals surface area contributed by atoms with Gasteiger partial charge in [0.1, 0.15) is 11.5 Å². The summed E-state index contributed by atoms with van der Waals surface area (Å²) in [4.78, 5) is 13.5. The Bertz CT molecular complexity index is 1520. The van der Waals surface area contributed by atoms with Gasteiger partial charge in [0.15, 0.2) is 5.82 Å². The third-order valence-electron chi connectivity index (χ3n) is 5.55. The van der Waals surface area contributed by atoms with Gasteiger partial charge in [-0.25, -0.2) is 9.49 Å². The average Bonchev–Trinajstić information content (AvgIpc) is 3.42. The monoisotopic (exact) mass is 490 g/mol. The molecule has 0 aliphatic carbocycles. The van der Waals surface area contributed by atoms with Gasteiger partial charge in [-0.15, -0.1) is 11.3 Å². The van der Waals surface area contributed by atoms with Crippen molar-refractivity contribution in [3.05, 3.63) is 87.4 Å². The second kappa shape index (κ2) is 9.69. The van der Waals surface area contributed by atoms with Gasteiger partial charge in [-0.2, -0.15) is 10.2 Å². The van der Waals surface area contributed by atoms with Gasteiger partial charge < -0.3 is 15.7 Å². The number of aromatic amines is 1. The number of aliphatic hydroxyl groups is 1. The van der Waals surface area contributed by atoms with Crippen LogP contribution in [0.15, 0.2) is 65.5 Å². The highest BCUT2D eigenvalue weighted by Gasteiger charge is 2.12. The lowest BCUT2D eigenvalue weighted by molar-refractivity contribution is 0.268. The first-order valence-corrected chi connectivity index (χ1v) is 11.8. The summed E-state index contributed by atoms with van der Waals surface area (Å²) >= 11 is 1.67. The fourth-order valence-corrected chi connectivity index (χ4v) is 4.81. The molecular weight excluding hydrogens is 467 g/mol. The molecule has 35 heavy (non-hydrogen) atoms. The molecule has 0 spiro atoms. The highest BCUT2D eigenvalue weighted by atomic mass is 32.1. The molecule has 0 aliphatic rings. The van der Waals surface area contributed by atoms with Crippen molar-refractivity contribution in [2.75, 3.05) is 17.2 Å². The lowest BCUT2D eigenvalue weighted by Crippen LogP contribution is -2.14. The predicted molar refractivity (Wildman–Crippen MR) is 137 cm³/mol. The van der Waals surface area contributed by atoms with Crippen molar-refractivity contribution in [3.8, 4) is 11.3 Å². The molecule has 5 rings (SSSR count). The summed E-state index contributed by atoms with van der Waals surface area (Å²) in [6.07, 6.45) is 0. The molecule has 0 atom stereocenters. The summed E-state index contributed by atoms with van der Waals surface area (Å²) in [5.74, 6) is 0.103. The van der Waals surface area contributed by atoms with Crippen LogP contribution in [0, 0.1) is 12.7 Å². The summed E-state index contributed by atoms with van der Waals surface area (Å²) in [7, 11) is 0.